The molecule has 22 heavy (non-hydrogen) atoms. The van der Waals surface area contributed by atoms with Gasteiger partial charge in [-0.25, -0.2) is 4.98 Å². The Morgan fingerprint density at radius 3 is 2.68 bits per heavy atom. The van der Waals surface area contributed by atoms with Crippen LogP contribution in [-0.2, 0) is 6.54 Å². The zero-order chi connectivity index (χ0) is 15.5. The van der Waals surface area contributed by atoms with Crippen molar-refractivity contribution in [3.05, 3.63) is 64.7 Å². The quantitative estimate of drug-likeness (QED) is 0.803. The molecule has 5 heteroatoms. The molecule has 0 aliphatic rings. The zero-order valence-electron chi connectivity index (χ0n) is 12.5. The van der Waals surface area contributed by atoms with Crippen LogP contribution in [-0.4, -0.2) is 24.1 Å². The first-order valence-corrected chi connectivity index (χ1v) is 7.00. The Morgan fingerprint density at radius 2 is 1.95 bits per heavy atom. The minimum atomic E-state index is -0.152. The highest BCUT2D eigenvalue weighted by Gasteiger charge is 2.08. The SMILES string of the molecule is COc1ccc2nc(CN(C)c3ccccc3)[nH]c(=O)c2c1. The predicted octanol–water partition coefficient (Wildman–Crippen LogP) is 2.57. The van der Waals surface area contributed by atoms with Crippen molar-refractivity contribution < 1.29 is 4.74 Å². The topological polar surface area (TPSA) is 58.2 Å². The van der Waals surface area contributed by atoms with Gasteiger partial charge in [-0.1, -0.05) is 18.2 Å². The van der Waals surface area contributed by atoms with Crippen LogP contribution in [0.4, 0.5) is 5.69 Å². The second-order valence-electron chi connectivity index (χ2n) is 5.09. The summed E-state index contributed by atoms with van der Waals surface area (Å²) in [5, 5.41) is 0.533. The van der Waals surface area contributed by atoms with E-state index in [1.54, 1.807) is 25.3 Å². The lowest BCUT2D eigenvalue weighted by atomic mass is 10.2. The molecule has 0 saturated heterocycles. The summed E-state index contributed by atoms with van der Waals surface area (Å²) in [5.74, 6) is 1.28. The van der Waals surface area contributed by atoms with Gasteiger partial charge in [0.1, 0.15) is 11.6 Å². The number of methoxy groups -OCH3 is 1. The van der Waals surface area contributed by atoms with Crippen molar-refractivity contribution in [2.75, 3.05) is 19.1 Å². The molecule has 5 nitrogen and oxygen atoms in total. The summed E-state index contributed by atoms with van der Waals surface area (Å²) in [6, 6.07) is 15.3. The fourth-order valence-electron chi connectivity index (χ4n) is 2.37. The first-order valence-electron chi connectivity index (χ1n) is 7.00. The highest BCUT2D eigenvalue weighted by Crippen LogP contribution is 2.17. The Balaban J connectivity index is 1.94. The van der Waals surface area contributed by atoms with Crippen molar-refractivity contribution in [3.63, 3.8) is 0 Å². The van der Waals surface area contributed by atoms with E-state index in [4.69, 9.17) is 4.74 Å². The van der Waals surface area contributed by atoms with E-state index in [0.29, 0.717) is 29.0 Å². The number of H-pyrrole nitrogens is 1. The summed E-state index contributed by atoms with van der Waals surface area (Å²) in [6.07, 6.45) is 0. The molecule has 0 bridgehead atoms. The lowest BCUT2D eigenvalue weighted by Gasteiger charge is -2.18. The number of nitrogens with one attached hydrogen (secondary N) is 1. The van der Waals surface area contributed by atoms with Gasteiger partial charge in [0.25, 0.3) is 5.56 Å². The number of aromatic amines is 1. The normalized spacial score (nSPS) is 10.6. The van der Waals surface area contributed by atoms with Gasteiger partial charge in [0.15, 0.2) is 0 Å². The van der Waals surface area contributed by atoms with Crippen molar-refractivity contribution >= 4 is 16.6 Å². The number of hydrogen-bond donors (Lipinski definition) is 1. The van der Waals surface area contributed by atoms with Gasteiger partial charge in [0.05, 0.1) is 24.6 Å². The summed E-state index contributed by atoms with van der Waals surface area (Å²) >= 11 is 0. The van der Waals surface area contributed by atoms with Crippen molar-refractivity contribution in [1.29, 1.82) is 0 Å². The van der Waals surface area contributed by atoms with Gasteiger partial charge in [-0.2, -0.15) is 0 Å². The Kier molecular flexibility index (Phi) is 3.78. The number of fused-ring (bicyclic) bond motifs is 1. The van der Waals surface area contributed by atoms with E-state index in [0.717, 1.165) is 5.69 Å². The molecule has 0 saturated carbocycles. The van der Waals surface area contributed by atoms with Gasteiger partial charge >= 0.3 is 0 Å². The lowest BCUT2D eigenvalue weighted by molar-refractivity contribution is 0.415. The fraction of sp³-hybridized carbons (Fsp3) is 0.176. The van der Waals surface area contributed by atoms with Crippen molar-refractivity contribution in [1.82, 2.24) is 9.97 Å². The molecule has 0 fully saturated rings. The van der Waals surface area contributed by atoms with Crippen LogP contribution < -0.4 is 15.2 Å². The molecular formula is C17H17N3O2. The smallest absolute Gasteiger partial charge is 0.258 e. The van der Waals surface area contributed by atoms with Crippen LogP contribution in [0.1, 0.15) is 5.82 Å². The van der Waals surface area contributed by atoms with Gasteiger partial charge in [0.2, 0.25) is 0 Å². The molecule has 3 aromatic rings. The Labute approximate surface area is 128 Å². The second kappa shape index (κ2) is 5.89. The third kappa shape index (κ3) is 2.79. The van der Waals surface area contributed by atoms with Crippen LogP contribution in [0.2, 0.25) is 0 Å². The average molecular weight is 295 g/mol. The van der Waals surface area contributed by atoms with Crippen LogP contribution >= 0.6 is 0 Å². The Hall–Kier alpha value is -2.82. The third-order valence-electron chi connectivity index (χ3n) is 3.55. The molecule has 0 radical (unpaired) electrons. The van der Waals surface area contributed by atoms with E-state index in [-0.39, 0.29) is 5.56 Å². The molecule has 0 amide bonds. The molecule has 1 N–H and O–H groups in total. The number of rotatable bonds is 4. The number of benzene rings is 2. The zero-order valence-corrected chi connectivity index (χ0v) is 12.5. The first kappa shape index (κ1) is 14.1. The molecule has 112 valence electrons. The average Bonchev–Trinajstić information content (AvgIpc) is 2.55. The number of nitrogens with zero attached hydrogens (tertiary/aromatic N) is 2. The molecule has 0 aliphatic carbocycles. The van der Waals surface area contributed by atoms with Gasteiger partial charge in [0, 0.05) is 12.7 Å². The standard InChI is InChI=1S/C17H17N3O2/c1-20(12-6-4-3-5-7-12)11-16-18-15-9-8-13(22-2)10-14(15)17(21)19-16/h3-10H,11H2,1-2H3,(H,18,19,21). The predicted molar refractivity (Wildman–Crippen MR) is 87.5 cm³/mol. The maximum Gasteiger partial charge on any atom is 0.258 e. The van der Waals surface area contributed by atoms with Crippen molar-refractivity contribution in [2.45, 2.75) is 6.54 Å². The Bertz CT molecular complexity index is 843. The number of para-hydroxylation sites is 1. The maximum absolute atomic E-state index is 12.2. The molecule has 0 spiro atoms. The largest absolute Gasteiger partial charge is 0.497 e. The summed E-state index contributed by atoms with van der Waals surface area (Å²) in [6.45, 7) is 0.529. The first-order chi connectivity index (χ1) is 10.7. The molecular weight excluding hydrogens is 278 g/mol. The summed E-state index contributed by atoms with van der Waals surface area (Å²) in [7, 11) is 3.54. The molecule has 0 aliphatic heterocycles. The third-order valence-corrected chi connectivity index (χ3v) is 3.55. The van der Waals surface area contributed by atoms with E-state index < -0.39 is 0 Å². The number of hydrogen-bond acceptors (Lipinski definition) is 4. The van der Waals surface area contributed by atoms with Crippen LogP contribution in [0, 0.1) is 0 Å². The second-order valence-corrected chi connectivity index (χ2v) is 5.09. The molecule has 0 atom stereocenters. The summed E-state index contributed by atoms with van der Waals surface area (Å²) in [4.78, 5) is 21.6. The molecule has 0 unspecified atom stereocenters. The van der Waals surface area contributed by atoms with Crippen LogP contribution in [0.15, 0.2) is 53.3 Å². The molecule has 1 heterocycles. The fourth-order valence-corrected chi connectivity index (χ4v) is 2.37. The van der Waals surface area contributed by atoms with Gasteiger partial charge in [-0.15, -0.1) is 0 Å². The summed E-state index contributed by atoms with van der Waals surface area (Å²) < 4.78 is 5.14. The minimum absolute atomic E-state index is 0.152. The number of anilines is 1. The molecule has 1 aromatic heterocycles. The number of ether oxygens (including phenoxy) is 1. The van der Waals surface area contributed by atoms with Crippen LogP contribution in [0.5, 0.6) is 5.75 Å². The number of aromatic nitrogens is 2. The maximum atomic E-state index is 12.2. The van der Waals surface area contributed by atoms with E-state index in [1.807, 2.05) is 42.3 Å². The highest BCUT2D eigenvalue weighted by molar-refractivity contribution is 5.79. The monoisotopic (exact) mass is 295 g/mol. The highest BCUT2D eigenvalue weighted by atomic mass is 16.5. The van der Waals surface area contributed by atoms with Crippen LogP contribution in [0.3, 0.4) is 0 Å². The van der Waals surface area contributed by atoms with E-state index in [9.17, 15) is 4.79 Å². The van der Waals surface area contributed by atoms with Crippen LogP contribution in [0.25, 0.3) is 10.9 Å². The molecule has 2 aromatic carbocycles. The minimum Gasteiger partial charge on any atom is -0.497 e. The van der Waals surface area contributed by atoms with Gasteiger partial charge < -0.3 is 14.6 Å². The van der Waals surface area contributed by atoms with Gasteiger partial charge in [-0.3, -0.25) is 4.79 Å². The lowest BCUT2D eigenvalue weighted by Crippen LogP contribution is -2.21. The Morgan fingerprint density at radius 1 is 1.18 bits per heavy atom. The van der Waals surface area contributed by atoms with E-state index >= 15 is 0 Å². The summed E-state index contributed by atoms with van der Waals surface area (Å²) in [5.41, 5.74) is 1.58. The molecule has 3 rings (SSSR count). The van der Waals surface area contributed by atoms with Crippen molar-refractivity contribution in [3.8, 4) is 5.75 Å². The van der Waals surface area contributed by atoms with Crippen molar-refractivity contribution in [2.24, 2.45) is 0 Å². The van der Waals surface area contributed by atoms with E-state index in [1.165, 1.54) is 0 Å². The van der Waals surface area contributed by atoms with E-state index in [2.05, 4.69) is 9.97 Å². The van der Waals surface area contributed by atoms with Gasteiger partial charge in [-0.05, 0) is 30.3 Å².